The Morgan fingerprint density at radius 2 is 1.85 bits per heavy atom. The van der Waals surface area contributed by atoms with Crippen molar-refractivity contribution < 1.29 is 4.74 Å². The van der Waals surface area contributed by atoms with Crippen LogP contribution in [0.5, 0.6) is 0 Å². The van der Waals surface area contributed by atoms with Crippen molar-refractivity contribution in [1.29, 1.82) is 0 Å². The molecule has 1 aromatic rings. The van der Waals surface area contributed by atoms with Crippen molar-refractivity contribution in [3.8, 4) is 0 Å². The Morgan fingerprint density at radius 3 is 2.40 bits per heavy atom. The van der Waals surface area contributed by atoms with E-state index in [1.54, 1.807) is 0 Å². The summed E-state index contributed by atoms with van der Waals surface area (Å²) in [4.78, 5) is 2.48. The Balaban J connectivity index is 2.73. The standard InChI is InChI=1S/C17H30N2O/c1-5-18-17(16-11-9-8-10-12-16)15(4)19(6-2)13-14-20-7-3/h8-12,15,17-18H,5-7,13-14H2,1-4H3. The van der Waals surface area contributed by atoms with Gasteiger partial charge in [-0.1, -0.05) is 44.2 Å². The molecule has 20 heavy (non-hydrogen) atoms. The molecule has 0 fully saturated rings. The fourth-order valence-corrected chi connectivity index (χ4v) is 2.63. The Bertz CT molecular complexity index is 342. The number of likely N-dealkylation sites (N-methyl/N-ethyl adjacent to an activating group) is 2. The minimum Gasteiger partial charge on any atom is -0.380 e. The van der Waals surface area contributed by atoms with Crippen LogP contribution >= 0.6 is 0 Å². The maximum atomic E-state index is 5.50. The van der Waals surface area contributed by atoms with E-state index in [1.807, 2.05) is 6.92 Å². The minimum atomic E-state index is 0.364. The van der Waals surface area contributed by atoms with Crippen molar-refractivity contribution >= 4 is 0 Å². The fraction of sp³-hybridized carbons (Fsp3) is 0.647. The monoisotopic (exact) mass is 278 g/mol. The Morgan fingerprint density at radius 1 is 1.15 bits per heavy atom. The summed E-state index contributed by atoms with van der Waals surface area (Å²) in [6, 6.07) is 11.5. The van der Waals surface area contributed by atoms with Crippen LogP contribution in [-0.2, 0) is 4.74 Å². The van der Waals surface area contributed by atoms with Crippen LogP contribution in [0.1, 0.15) is 39.3 Å². The molecule has 3 nitrogen and oxygen atoms in total. The zero-order valence-corrected chi connectivity index (χ0v) is 13.4. The lowest BCUT2D eigenvalue weighted by molar-refractivity contribution is 0.0902. The second-order valence-electron chi connectivity index (χ2n) is 5.01. The second kappa shape index (κ2) is 9.92. The quantitative estimate of drug-likeness (QED) is 0.666. The van der Waals surface area contributed by atoms with Crippen molar-refractivity contribution in [2.24, 2.45) is 0 Å². The van der Waals surface area contributed by atoms with Crippen LogP contribution in [-0.4, -0.2) is 43.8 Å². The molecule has 0 bridgehead atoms. The largest absolute Gasteiger partial charge is 0.380 e. The van der Waals surface area contributed by atoms with E-state index in [0.29, 0.717) is 12.1 Å². The highest BCUT2D eigenvalue weighted by Crippen LogP contribution is 2.20. The predicted octanol–water partition coefficient (Wildman–Crippen LogP) is 3.08. The SMILES string of the molecule is CCNC(c1ccccc1)C(C)N(CC)CCOCC. The van der Waals surface area contributed by atoms with Gasteiger partial charge in [0.05, 0.1) is 6.61 Å². The van der Waals surface area contributed by atoms with E-state index in [0.717, 1.165) is 32.8 Å². The van der Waals surface area contributed by atoms with Gasteiger partial charge in [0.25, 0.3) is 0 Å². The molecule has 114 valence electrons. The first kappa shape index (κ1) is 17.2. The van der Waals surface area contributed by atoms with E-state index in [2.05, 4.69) is 61.3 Å². The van der Waals surface area contributed by atoms with Gasteiger partial charge in [0.1, 0.15) is 0 Å². The van der Waals surface area contributed by atoms with Crippen molar-refractivity contribution in [3.63, 3.8) is 0 Å². The zero-order valence-electron chi connectivity index (χ0n) is 13.4. The third kappa shape index (κ3) is 5.23. The highest BCUT2D eigenvalue weighted by atomic mass is 16.5. The molecule has 1 rings (SSSR count). The van der Waals surface area contributed by atoms with Crippen LogP contribution in [0.4, 0.5) is 0 Å². The normalized spacial score (nSPS) is 14.4. The number of ether oxygens (including phenoxy) is 1. The molecule has 0 spiro atoms. The molecule has 0 aliphatic rings. The van der Waals surface area contributed by atoms with Gasteiger partial charge in [0, 0.05) is 25.2 Å². The smallest absolute Gasteiger partial charge is 0.0593 e. The lowest BCUT2D eigenvalue weighted by Gasteiger charge is -2.34. The molecular formula is C17H30N2O. The molecule has 0 aliphatic carbocycles. The molecule has 0 radical (unpaired) electrons. The van der Waals surface area contributed by atoms with Crippen molar-refractivity contribution in [2.75, 3.05) is 32.8 Å². The second-order valence-corrected chi connectivity index (χ2v) is 5.01. The Labute approximate surface area is 124 Å². The third-order valence-electron chi connectivity index (χ3n) is 3.77. The summed E-state index contributed by atoms with van der Waals surface area (Å²) in [7, 11) is 0. The molecule has 0 saturated heterocycles. The minimum absolute atomic E-state index is 0.364. The van der Waals surface area contributed by atoms with Gasteiger partial charge in [-0.3, -0.25) is 4.90 Å². The third-order valence-corrected chi connectivity index (χ3v) is 3.77. The molecule has 0 saturated carbocycles. The first-order valence-corrected chi connectivity index (χ1v) is 7.84. The Kier molecular flexibility index (Phi) is 8.51. The highest BCUT2D eigenvalue weighted by Gasteiger charge is 2.23. The summed E-state index contributed by atoms with van der Waals surface area (Å²) in [5.41, 5.74) is 1.36. The molecule has 1 aromatic carbocycles. The van der Waals surface area contributed by atoms with Crippen molar-refractivity contribution in [3.05, 3.63) is 35.9 Å². The van der Waals surface area contributed by atoms with Crippen molar-refractivity contribution in [2.45, 2.75) is 39.8 Å². The molecule has 0 amide bonds. The maximum Gasteiger partial charge on any atom is 0.0593 e. The molecular weight excluding hydrogens is 248 g/mol. The first-order chi connectivity index (χ1) is 9.74. The Hall–Kier alpha value is -0.900. The summed E-state index contributed by atoms with van der Waals surface area (Å²) >= 11 is 0. The maximum absolute atomic E-state index is 5.50. The number of nitrogens with one attached hydrogen (secondary N) is 1. The first-order valence-electron chi connectivity index (χ1n) is 7.84. The van der Waals surface area contributed by atoms with Crippen LogP contribution < -0.4 is 5.32 Å². The molecule has 1 N–H and O–H groups in total. The van der Waals surface area contributed by atoms with Crippen LogP contribution in [0, 0.1) is 0 Å². The molecule has 0 aromatic heterocycles. The van der Waals surface area contributed by atoms with Gasteiger partial charge < -0.3 is 10.1 Å². The highest BCUT2D eigenvalue weighted by molar-refractivity contribution is 5.20. The van der Waals surface area contributed by atoms with Gasteiger partial charge in [0.15, 0.2) is 0 Å². The molecule has 3 heteroatoms. The van der Waals surface area contributed by atoms with Gasteiger partial charge in [-0.25, -0.2) is 0 Å². The number of nitrogens with zero attached hydrogens (tertiary/aromatic N) is 1. The van der Waals surface area contributed by atoms with Gasteiger partial charge in [-0.05, 0) is 32.5 Å². The van der Waals surface area contributed by atoms with Gasteiger partial charge in [-0.15, -0.1) is 0 Å². The van der Waals surface area contributed by atoms with Crippen LogP contribution in [0.15, 0.2) is 30.3 Å². The average Bonchev–Trinajstić information content (AvgIpc) is 2.49. The van der Waals surface area contributed by atoms with Crippen molar-refractivity contribution in [1.82, 2.24) is 10.2 Å². The van der Waals surface area contributed by atoms with E-state index < -0.39 is 0 Å². The fourth-order valence-electron chi connectivity index (χ4n) is 2.63. The summed E-state index contributed by atoms with van der Waals surface area (Å²) in [5.74, 6) is 0. The van der Waals surface area contributed by atoms with Gasteiger partial charge in [-0.2, -0.15) is 0 Å². The number of rotatable bonds is 10. The van der Waals surface area contributed by atoms with E-state index >= 15 is 0 Å². The number of hydrogen-bond acceptors (Lipinski definition) is 3. The van der Waals surface area contributed by atoms with E-state index in [4.69, 9.17) is 4.74 Å². The summed E-state index contributed by atoms with van der Waals surface area (Å²) in [5, 5.41) is 3.62. The van der Waals surface area contributed by atoms with Crippen LogP contribution in [0.2, 0.25) is 0 Å². The lowest BCUT2D eigenvalue weighted by Crippen LogP contribution is -2.44. The molecule has 2 atom stereocenters. The lowest BCUT2D eigenvalue weighted by atomic mass is 9.99. The number of benzene rings is 1. The topological polar surface area (TPSA) is 24.5 Å². The number of hydrogen-bond donors (Lipinski definition) is 1. The molecule has 0 aliphatic heterocycles. The van der Waals surface area contributed by atoms with E-state index in [1.165, 1.54) is 5.56 Å². The summed E-state index contributed by atoms with van der Waals surface area (Å²) < 4.78 is 5.50. The zero-order chi connectivity index (χ0) is 14.8. The molecule has 0 heterocycles. The van der Waals surface area contributed by atoms with Gasteiger partial charge >= 0.3 is 0 Å². The van der Waals surface area contributed by atoms with Crippen LogP contribution in [0.3, 0.4) is 0 Å². The molecule has 2 unspecified atom stereocenters. The summed E-state index contributed by atoms with van der Waals surface area (Å²) in [6.07, 6.45) is 0. The average molecular weight is 278 g/mol. The predicted molar refractivity (Wildman–Crippen MR) is 86.1 cm³/mol. The van der Waals surface area contributed by atoms with E-state index in [9.17, 15) is 0 Å². The van der Waals surface area contributed by atoms with Gasteiger partial charge in [0.2, 0.25) is 0 Å². The van der Waals surface area contributed by atoms with E-state index in [-0.39, 0.29) is 0 Å². The summed E-state index contributed by atoms with van der Waals surface area (Å²) in [6.45, 7) is 13.3. The van der Waals surface area contributed by atoms with Crippen LogP contribution in [0.25, 0.3) is 0 Å².